The molecular weight excluding hydrogens is 437 g/mol. The number of halogens is 4. The van der Waals surface area contributed by atoms with Crippen molar-refractivity contribution < 1.29 is 13.6 Å². The van der Waals surface area contributed by atoms with Crippen LogP contribution in [0.5, 0.6) is 0 Å². The first-order valence-corrected chi connectivity index (χ1v) is 9.44. The molecule has 1 aliphatic heterocycles. The van der Waals surface area contributed by atoms with Crippen LogP contribution in [0, 0.1) is 11.6 Å². The Morgan fingerprint density at radius 3 is 2.73 bits per heavy atom. The summed E-state index contributed by atoms with van der Waals surface area (Å²) in [5.74, 6) is -1.32. The standard InChI is InChI=1S/C19H14Cl2F2N6O/c1-19(8-29-15(21)14(20)27-17(29)16(24)28-19)11-6-10(3-4-12(11)23)26-18(30)13-5-2-9(22)7-25-13/h2-7H,8H2,1H3,(H2,24,28)(H,26,30). The predicted octanol–water partition coefficient (Wildman–Crippen LogP) is 3.75. The molecule has 0 spiro atoms. The molecule has 0 saturated heterocycles. The van der Waals surface area contributed by atoms with Crippen molar-refractivity contribution in [2.75, 3.05) is 5.32 Å². The van der Waals surface area contributed by atoms with E-state index in [1.165, 1.54) is 24.3 Å². The molecule has 3 aromatic rings. The number of amidine groups is 1. The van der Waals surface area contributed by atoms with E-state index in [1.54, 1.807) is 11.5 Å². The molecule has 11 heteroatoms. The molecule has 3 heterocycles. The zero-order valence-corrected chi connectivity index (χ0v) is 17.0. The number of carbonyl (C=O) groups excluding carboxylic acids is 1. The molecule has 0 saturated carbocycles. The SMILES string of the molecule is CC1(c2cc(NC(=O)c3ccc(F)cn3)ccc2F)Cn2c(nc(Cl)c2Cl)C(N)=N1. The van der Waals surface area contributed by atoms with E-state index in [0.717, 1.165) is 12.3 Å². The molecule has 0 bridgehead atoms. The van der Waals surface area contributed by atoms with Crippen LogP contribution in [0.3, 0.4) is 0 Å². The van der Waals surface area contributed by atoms with Crippen molar-refractivity contribution in [2.24, 2.45) is 10.7 Å². The molecule has 1 atom stereocenters. The zero-order valence-electron chi connectivity index (χ0n) is 15.5. The summed E-state index contributed by atoms with van der Waals surface area (Å²) in [7, 11) is 0. The van der Waals surface area contributed by atoms with Gasteiger partial charge in [0.15, 0.2) is 16.8 Å². The Labute approximate surface area is 179 Å². The molecule has 4 rings (SSSR count). The number of hydrogen-bond donors (Lipinski definition) is 2. The Morgan fingerprint density at radius 2 is 2.03 bits per heavy atom. The molecule has 30 heavy (non-hydrogen) atoms. The van der Waals surface area contributed by atoms with Crippen molar-refractivity contribution in [3.63, 3.8) is 0 Å². The highest BCUT2D eigenvalue weighted by Gasteiger charge is 2.37. The van der Waals surface area contributed by atoms with Gasteiger partial charge < -0.3 is 15.6 Å². The van der Waals surface area contributed by atoms with E-state index in [9.17, 15) is 13.6 Å². The number of nitrogens with zero attached hydrogens (tertiary/aromatic N) is 4. The lowest BCUT2D eigenvalue weighted by Gasteiger charge is -2.32. The van der Waals surface area contributed by atoms with Gasteiger partial charge >= 0.3 is 0 Å². The van der Waals surface area contributed by atoms with Gasteiger partial charge in [0.25, 0.3) is 5.91 Å². The molecule has 3 N–H and O–H groups in total. The van der Waals surface area contributed by atoms with Gasteiger partial charge in [-0.05, 0) is 37.3 Å². The number of aromatic nitrogens is 3. The molecular formula is C19H14Cl2F2N6O. The second-order valence-corrected chi connectivity index (χ2v) is 7.60. The van der Waals surface area contributed by atoms with Crippen LogP contribution in [0.15, 0.2) is 41.5 Å². The minimum absolute atomic E-state index is 0.0119. The molecule has 1 aromatic carbocycles. The van der Waals surface area contributed by atoms with Gasteiger partial charge in [0, 0.05) is 11.3 Å². The number of anilines is 1. The predicted molar refractivity (Wildman–Crippen MR) is 109 cm³/mol. The summed E-state index contributed by atoms with van der Waals surface area (Å²) in [6, 6.07) is 6.42. The van der Waals surface area contributed by atoms with E-state index in [0.29, 0.717) is 11.5 Å². The summed E-state index contributed by atoms with van der Waals surface area (Å²) in [4.78, 5) is 24.6. The number of pyridine rings is 1. The van der Waals surface area contributed by atoms with Gasteiger partial charge in [-0.15, -0.1) is 0 Å². The number of fused-ring (bicyclic) bond motifs is 1. The van der Waals surface area contributed by atoms with Crippen LogP contribution in [0.4, 0.5) is 14.5 Å². The lowest BCUT2D eigenvalue weighted by Crippen LogP contribution is -2.38. The molecule has 1 amide bonds. The smallest absolute Gasteiger partial charge is 0.274 e. The normalized spacial score (nSPS) is 18.0. The van der Waals surface area contributed by atoms with Crippen molar-refractivity contribution in [1.29, 1.82) is 0 Å². The van der Waals surface area contributed by atoms with Gasteiger partial charge in [-0.1, -0.05) is 23.2 Å². The molecule has 7 nitrogen and oxygen atoms in total. The van der Waals surface area contributed by atoms with E-state index in [1.807, 2.05) is 0 Å². The largest absolute Gasteiger partial charge is 0.381 e. The number of imidazole rings is 1. The maximum atomic E-state index is 14.8. The van der Waals surface area contributed by atoms with E-state index < -0.39 is 23.1 Å². The number of benzene rings is 1. The third-order valence-electron chi connectivity index (χ3n) is 4.69. The maximum absolute atomic E-state index is 14.8. The van der Waals surface area contributed by atoms with Gasteiger partial charge in [0.2, 0.25) is 0 Å². The van der Waals surface area contributed by atoms with Gasteiger partial charge in [-0.25, -0.2) is 18.7 Å². The Kier molecular flexibility index (Phi) is 4.95. The Hall–Kier alpha value is -3.04. The fraction of sp³-hybridized carbons (Fsp3) is 0.158. The van der Waals surface area contributed by atoms with E-state index >= 15 is 0 Å². The quantitative estimate of drug-likeness (QED) is 0.634. The van der Waals surface area contributed by atoms with Crippen molar-refractivity contribution in [3.05, 3.63) is 75.6 Å². The first-order valence-electron chi connectivity index (χ1n) is 8.68. The Morgan fingerprint density at radius 1 is 1.27 bits per heavy atom. The summed E-state index contributed by atoms with van der Waals surface area (Å²) < 4.78 is 29.3. The summed E-state index contributed by atoms with van der Waals surface area (Å²) in [5.41, 5.74) is 5.38. The zero-order chi connectivity index (χ0) is 21.6. The number of aliphatic imine (C=N–C) groups is 1. The monoisotopic (exact) mass is 450 g/mol. The summed E-state index contributed by atoms with van der Waals surface area (Å²) in [6.45, 7) is 1.81. The van der Waals surface area contributed by atoms with Crippen LogP contribution < -0.4 is 11.1 Å². The summed E-state index contributed by atoms with van der Waals surface area (Å²) in [6.07, 6.45) is 0.934. The maximum Gasteiger partial charge on any atom is 0.274 e. The average Bonchev–Trinajstić information content (AvgIpc) is 2.98. The van der Waals surface area contributed by atoms with Crippen LogP contribution in [0.2, 0.25) is 10.3 Å². The lowest BCUT2D eigenvalue weighted by atomic mass is 9.90. The Bertz CT molecular complexity index is 1190. The molecule has 2 aromatic heterocycles. The molecule has 154 valence electrons. The van der Waals surface area contributed by atoms with Crippen molar-refractivity contribution in [2.45, 2.75) is 19.0 Å². The van der Waals surface area contributed by atoms with E-state index in [4.69, 9.17) is 28.9 Å². The summed E-state index contributed by atoms with van der Waals surface area (Å²) in [5, 5.41) is 2.85. The second kappa shape index (κ2) is 7.33. The first kappa shape index (κ1) is 20.2. The van der Waals surface area contributed by atoms with Crippen molar-refractivity contribution in [3.8, 4) is 0 Å². The van der Waals surface area contributed by atoms with Crippen molar-refractivity contribution in [1.82, 2.24) is 14.5 Å². The average molecular weight is 451 g/mol. The van der Waals surface area contributed by atoms with Gasteiger partial charge in [0.1, 0.15) is 28.0 Å². The van der Waals surface area contributed by atoms with E-state index in [2.05, 4.69) is 20.3 Å². The van der Waals surface area contributed by atoms with Gasteiger partial charge in [-0.2, -0.15) is 0 Å². The molecule has 0 radical (unpaired) electrons. The minimum atomic E-state index is -1.14. The highest BCUT2D eigenvalue weighted by molar-refractivity contribution is 6.41. The number of nitrogens with one attached hydrogen (secondary N) is 1. The minimum Gasteiger partial charge on any atom is -0.381 e. The fourth-order valence-corrected chi connectivity index (χ4v) is 3.63. The second-order valence-electron chi connectivity index (χ2n) is 6.88. The van der Waals surface area contributed by atoms with Crippen LogP contribution >= 0.6 is 23.2 Å². The number of carbonyl (C=O) groups is 1. The van der Waals surface area contributed by atoms with Crippen LogP contribution in [-0.4, -0.2) is 26.3 Å². The highest BCUT2D eigenvalue weighted by atomic mass is 35.5. The third-order valence-corrected chi connectivity index (χ3v) is 5.44. The number of amides is 1. The lowest BCUT2D eigenvalue weighted by molar-refractivity contribution is 0.102. The third kappa shape index (κ3) is 3.50. The van der Waals surface area contributed by atoms with Crippen LogP contribution in [-0.2, 0) is 12.1 Å². The topological polar surface area (TPSA) is 98.2 Å². The highest BCUT2D eigenvalue weighted by Crippen LogP contribution is 2.37. The fourth-order valence-electron chi connectivity index (χ4n) is 3.27. The first-order chi connectivity index (χ1) is 14.2. The van der Waals surface area contributed by atoms with E-state index in [-0.39, 0.29) is 33.9 Å². The van der Waals surface area contributed by atoms with Gasteiger partial charge in [-0.3, -0.25) is 9.79 Å². The molecule has 0 fully saturated rings. The molecule has 0 aliphatic carbocycles. The van der Waals surface area contributed by atoms with Crippen LogP contribution in [0.25, 0.3) is 0 Å². The number of hydrogen-bond acceptors (Lipinski definition) is 5. The molecule has 1 aliphatic rings. The molecule has 1 unspecified atom stereocenters. The van der Waals surface area contributed by atoms with Crippen molar-refractivity contribution >= 4 is 40.6 Å². The van der Waals surface area contributed by atoms with Crippen LogP contribution in [0.1, 0.15) is 28.8 Å². The number of rotatable bonds is 3. The summed E-state index contributed by atoms with van der Waals surface area (Å²) >= 11 is 12.2. The van der Waals surface area contributed by atoms with Gasteiger partial charge in [0.05, 0.1) is 12.7 Å². The Balaban J connectivity index is 1.68. The number of nitrogens with two attached hydrogens (primary N) is 1.